The van der Waals surface area contributed by atoms with Gasteiger partial charge in [-0.25, -0.2) is 9.59 Å². The van der Waals surface area contributed by atoms with E-state index >= 15 is 0 Å². The summed E-state index contributed by atoms with van der Waals surface area (Å²) in [6.07, 6.45) is 3.87. The number of methoxy groups -OCH3 is 3. The smallest absolute Gasteiger partial charge is 0.342 e. The highest BCUT2D eigenvalue weighted by atomic mass is 16.6. The summed E-state index contributed by atoms with van der Waals surface area (Å²) in [5.74, 6) is -0.616. The predicted octanol–water partition coefficient (Wildman–Crippen LogP) is 2.42. The third-order valence-electron chi connectivity index (χ3n) is 4.76. The SMILES string of the molecule is COc1cc(OC)c(C(=O)OC(C)C(=O)NC(=O)NC2CCCCC2)cc1OC. The molecule has 1 saturated carbocycles. The van der Waals surface area contributed by atoms with Crippen LogP contribution < -0.4 is 24.8 Å². The van der Waals surface area contributed by atoms with Gasteiger partial charge in [-0.05, 0) is 19.8 Å². The summed E-state index contributed by atoms with van der Waals surface area (Å²) in [7, 11) is 4.28. The Morgan fingerprint density at radius 2 is 1.52 bits per heavy atom. The van der Waals surface area contributed by atoms with Gasteiger partial charge in [0.15, 0.2) is 17.6 Å². The van der Waals surface area contributed by atoms with Crippen LogP contribution in [0.15, 0.2) is 12.1 Å². The van der Waals surface area contributed by atoms with Crippen LogP contribution in [0.3, 0.4) is 0 Å². The fourth-order valence-corrected chi connectivity index (χ4v) is 3.15. The number of carbonyl (C=O) groups is 3. The lowest BCUT2D eigenvalue weighted by Gasteiger charge is -2.23. The van der Waals surface area contributed by atoms with E-state index < -0.39 is 24.0 Å². The Morgan fingerprint density at radius 3 is 2.10 bits per heavy atom. The van der Waals surface area contributed by atoms with Crippen molar-refractivity contribution < 1.29 is 33.3 Å². The standard InChI is InChI=1S/C20H28N2O7/c1-12(18(23)22-20(25)21-13-8-6-5-7-9-13)29-19(24)14-10-16(27-3)17(28-4)11-15(14)26-2/h10-13H,5-9H2,1-4H3,(H2,21,22,23,25). The van der Waals surface area contributed by atoms with Crippen molar-refractivity contribution in [1.82, 2.24) is 10.6 Å². The van der Waals surface area contributed by atoms with Gasteiger partial charge < -0.3 is 24.3 Å². The van der Waals surface area contributed by atoms with E-state index in [4.69, 9.17) is 18.9 Å². The van der Waals surface area contributed by atoms with Crippen molar-refractivity contribution in [2.24, 2.45) is 0 Å². The molecule has 1 aromatic carbocycles. The molecule has 2 rings (SSSR count). The summed E-state index contributed by atoms with van der Waals surface area (Å²) in [6.45, 7) is 1.38. The summed E-state index contributed by atoms with van der Waals surface area (Å²) in [4.78, 5) is 36.7. The molecular weight excluding hydrogens is 380 g/mol. The highest BCUT2D eigenvalue weighted by Crippen LogP contribution is 2.35. The van der Waals surface area contributed by atoms with Crippen molar-refractivity contribution in [2.75, 3.05) is 21.3 Å². The Bertz CT molecular complexity index is 745. The molecular formula is C20H28N2O7. The van der Waals surface area contributed by atoms with E-state index in [0.29, 0.717) is 11.5 Å². The Kier molecular flexibility index (Phi) is 8.11. The molecule has 0 bridgehead atoms. The number of nitrogens with one attached hydrogen (secondary N) is 2. The van der Waals surface area contributed by atoms with Gasteiger partial charge >= 0.3 is 12.0 Å². The maximum absolute atomic E-state index is 12.5. The number of esters is 1. The number of rotatable bonds is 7. The lowest BCUT2D eigenvalue weighted by atomic mass is 9.96. The summed E-state index contributed by atoms with van der Waals surface area (Å²) < 4.78 is 20.8. The molecule has 2 N–H and O–H groups in total. The monoisotopic (exact) mass is 408 g/mol. The molecule has 0 aromatic heterocycles. The molecule has 0 saturated heterocycles. The summed E-state index contributed by atoms with van der Waals surface area (Å²) in [6, 6.07) is 2.36. The molecule has 0 heterocycles. The van der Waals surface area contributed by atoms with Gasteiger partial charge in [0.05, 0.1) is 21.3 Å². The van der Waals surface area contributed by atoms with Crippen LogP contribution in [0.1, 0.15) is 49.4 Å². The van der Waals surface area contributed by atoms with Crippen molar-refractivity contribution in [3.05, 3.63) is 17.7 Å². The Morgan fingerprint density at radius 1 is 0.931 bits per heavy atom. The Labute approximate surface area is 170 Å². The summed E-state index contributed by atoms with van der Waals surface area (Å²) in [5, 5.41) is 4.98. The van der Waals surface area contributed by atoms with E-state index in [2.05, 4.69) is 10.6 Å². The molecule has 1 fully saturated rings. The minimum Gasteiger partial charge on any atom is -0.496 e. The van der Waals surface area contributed by atoms with Crippen LogP contribution >= 0.6 is 0 Å². The minimum absolute atomic E-state index is 0.0606. The van der Waals surface area contributed by atoms with E-state index in [1.807, 2.05) is 0 Å². The second kappa shape index (κ2) is 10.5. The largest absolute Gasteiger partial charge is 0.496 e. The fourth-order valence-electron chi connectivity index (χ4n) is 3.15. The molecule has 1 aliphatic rings. The molecule has 1 unspecified atom stereocenters. The molecule has 1 aliphatic carbocycles. The van der Waals surface area contributed by atoms with Gasteiger partial charge in [-0.2, -0.15) is 0 Å². The highest BCUT2D eigenvalue weighted by molar-refractivity contribution is 5.99. The first-order chi connectivity index (χ1) is 13.9. The van der Waals surface area contributed by atoms with Crippen molar-refractivity contribution in [1.29, 1.82) is 0 Å². The van der Waals surface area contributed by atoms with E-state index in [9.17, 15) is 14.4 Å². The van der Waals surface area contributed by atoms with Gasteiger partial charge in [0.1, 0.15) is 11.3 Å². The average molecular weight is 408 g/mol. The third kappa shape index (κ3) is 6.00. The predicted molar refractivity (Wildman–Crippen MR) is 105 cm³/mol. The van der Waals surface area contributed by atoms with Crippen molar-refractivity contribution in [3.8, 4) is 17.2 Å². The molecule has 9 nitrogen and oxygen atoms in total. The molecule has 29 heavy (non-hydrogen) atoms. The minimum atomic E-state index is -1.18. The van der Waals surface area contributed by atoms with E-state index in [0.717, 1.165) is 32.1 Å². The van der Waals surface area contributed by atoms with Gasteiger partial charge in [-0.1, -0.05) is 19.3 Å². The summed E-state index contributed by atoms with van der Waals surface area (Å²) in [5.41, 5.74) is 0.0662. The van der Waals surface area contributed by atoms with E-state index in [1.165, 1.54) is 40.4 Å². The first kappa shape index (κ1) is 22.3. The first-order valence-electron chi connectivity index (χ1n) is 9.52. The number of urea groups is 1. The maximum Gasteiger partial charge on any atom is 0.342 e. The maximum atomic E-state index is 12.5. The summed E-state index contributed by atoms with van der Waals surface area (Å²) >= 11 is 0. The first-order valence-corrected chi connectivity index (χ1v) is 9.52. The lowest BCUT2D eigenvalue weighted by molar-refractivity contribution is -0.127. The highest BCUT2D eigenvalue weighted by Gasteiger charge is 2.25. The molecule has 3 amide bonds. The zero-order chi connectivity index (χ0) is 21.4. The van der Waals surface area contributed by atoms with Crippen molar-refractivity contribution >= 4 is 17.9 Å². The van der Waals surface area contributed by atoms with Crippen LogP contribution in [0.5, 0.6) is 17.2 Å². The molecule has 0 aliphatic heterocycles. The molecule has 1 aromatic rings. The number of hydrogen-bond acceptors (Lipinski definition) is 7. The second-order valence-electron chi connectivity index (χ2n) is 6.75. The fraction of sp³-hybridized carbons (Fsp3) is 0.550. The lowest BCUT2D eigenvalue weighted by Crippen LogP contribution is -2.48. The normalized spacial score (nSPS) is 15.0. The van der Waals surface area contributed by atoms with Crippen LogP contribution in [-0.2, 0) is 9.53 Å². The molecule has 160 valence electrons. The van der Waals surface area contributed by atoms with Crippen LogP contribution in [0.4, 0.5) is 4.79 Å². The topological polar surface area (TPSA) is 112 Å². The van der Waals surface area contributed by atoms with Crippen LogP contribution in [0.25, 0.3) is 0 Å². The van der Waals surface area contributed by atoms with Gasteiger partial charge in [0, 0.05) is 18.2 Å². The average Bonchev–Trinajstić information content (AvgIpc) is 2.72. The number of imide groups is 1. The number of benzene rings is 1. The van der Waals surface area contributed by atoms with Gasteiger partial charge in [-0.15, -0.1) is 0 Å². The Hall–Kier alpha value is -2.97. The number of ether oxygens (including phenoxy) is 4. The van der Waals surface area contributed by atoms with Gasteiger partial charge in [0.25, 0.3) is 5.91 Å². The Balaban J connectivity index is 1.98. The van der Waals surface area contributed by atoms with Gasteiger partial charge in [-0.3, -0.25) is 10.1 Å². The number of carbonyl (C=O) groups excluding carboxylic acids is 3. The van der Waals surface area contributed by atoms with E-state index in [1.54, 1.807) is 0 Å². The van der Waals surface area contributed by atoms with Gasteiger partial charge in [0.2, 0.25) is 0 Å². The van der Waals surface area contributed by atoms with E-state index in [-0.39, 0.29) is 17.4 Å². The molecule has 9 heteroatoms. The zero-order valence-corrected chi connectivity index (χ0v) is 17.2. The van der Waals surface area contributed by atoms with Crippen LogP contribution in [0.2, 0.25) is 0 Å². The molecule has 1 atom stereocenters. The third-order valence-corrected chi connectivity index (χ3v) is 4.76. The number of hydrogen-bond donors (Lipinski definition) is 2. The second-order valence-corrected chi connectivity index (χ2v) is 6.75. The molecule has 0 spiro atoms. The van der Waals surface area contributed by atoms with Crippen LogP contribution in [-0.4, -0.2) is 51.4 Å². The zero-order valence-electron chi connectivity index (χ0n) is 17.2. The van der Waals surface area contributed by atoms with Crippen LogP contribution in [0, 0.1) is 0 Å². The molecule has 0 radical (unpaired) electrons. The van der Waals surface area contributed by atoms with Crippen molar-refractivity contribution in [3.63, 3.8) is 0 Å². The quantitative estimate of drug-likeness (QED) is 0.666. The number of amides is 3. The van der Waals surface area contributed by atoms with Crippen molar-refractivity contribution in [2.45, 2.75) is 51.2 Å².